The molecule has 8 heteroatoms. The van der Waals surface area contributed by atoms with E-state index in [0.29, 0.717) is 20.8 Å². The third-order valence-electron chi connectivity index (χ3n) is 4.38. The Morgan fingerprint density at radius 2 is 1.63 bits per heavy atom. The number of thiophene rings is 1. The zero-order valence-electron chi connectivity index (χ0n) is 14.5. The van der Waals surface area contributed by atoms with Crippen LogP contribution in [0.15, 0.2) is 54.9 Å². The second-order valence-corrected chi connectivity index (χ2v) is 7.85. The van der Waals surface area contributed by atoms with E-state index in [9.17, 15) is 4.79 Å². The van der Waals surface area contributed by atoms with E-state index in [2.05, 4.69) is 49.4 Å². The van der Waals surface area contributed by atoms with E-state index >= 15 is 0 Å². The van der Waals surface area contributed by atoms with Crippen molar-refractivity contribution in [3.63, 3.8) is 0 Å². The van der Waals surface area contributed by atoms with Crippen LogP contribution in [0.1, 0.15) is 9.67 Å². The summed E-state index contributed by atoms with van der Waals surface area (Å²) in [6.07, 6.45) is 3.28. The second-order valence-electron chi connectivity index (χ2n) is 6.14. The fourth-order valence-electron chi connectivity index (χ4n) is 2.98. The van der Waals surface area contributed by atoms with Crippen LogP contribution in [0, 0.1) is 0 Å². The van der Waals surface area contributed by atoms with Gasteiger partial charge in [0.1, 0.15) is 0 Å². The summed E-state index contributed by atoms with van der Waals surface area (Å²) in [5, 5.41) is 2.79. The summed E-state index contributed by atoms with van der Waals surface area (Å²) in [7, 11) is 0. The number of amides is 1. The molecule has 0 bridgehead atoms. The number of rotatable bonds is 4. The molecule has 1 amide bonds. The van der Waals surface area contributed by atoms with Crippen LogP contribution in [0.4, 0.5) is 17.3 Å². The molecule has 1 aliphatic heterocycles. The van der Waals surface area contributed by atoms with Crippen LogP contribution >= 0.6 is 22.9 Å². The van der Waals surface area contributed by atoms with Crippen molar-refractivity contribution in [3.05, 3.63) is 64.1 Å². The molecule has 1 aliphatic rings. The summed E-state index contributed by atoms with van der Waals surface area (Å²) in [5.74, 6) is 0.472. The molecule has 0 atom stereocenters. The molecule has 1 saturated heterocycles. The van der Waals surface area contributed by atoms with Crippen LogP contribution in [0.25, 0.3) is 0 Å². The lowest BCUT2D eigenvalue weighted by atomic mass is 10.2. The lowest BCUT2D eigenvalue weighted by molar-refractivity contribution is 0.103. The first-order chi connectivity index (χ1) is 13.2. The van der Waals surface area contributed by atoms with E-state index in [0.717, 1.165) is 26.2 Å². The fraction of sp³-hybridized carbons (Fsp3) is 0.211. The Kier molecular flexibility index (Phi) is 5.22. The Bertz CT molecular complexity index is 907. The minimum absolute atomic E-state index is 0.209. The Labute approximate surface area is 166 Å². The summed E-state index contributed by atoms with van der Waals surface area (Å²) in [4.78, 5) is 26.0. The summed E-state index contributed by atoms with van der Waals surface area (Å²) >= 11 is 7.11. The van der Waals surface area contributed by atoms with Crippen molar-refractivity contribution in [2.75, 3.05) is 41.3 Å². The molecule has 138 valence electrons. The highest BCUT2D eigenvalue weighted by atomic mass is 35.5. The van der Waals surface area contributed by atoms with Gasteiger partial charge in [0.15, 0.2) is 0 Å². The number of piperazine rings is 1. The number of para-hydroxylation sites is 1. The van der Waals surface area contributed by atoms with Crippen molar-refractivity contribution in [1.29, 1.82) is 0 Å². The first kappa shape index (κ1) is 17.8. The number of benzene rings is 1. The molecular formula is C19H18ClN5OS. The minimum Gasteiger partial charge on any atom is -0.368 e. The van der Waals surface area contributed by atoms with Crippen LogP contribution < -0.4 is 15.1 Å². The quantitative estimate of drug-likeness (QED) is 0.723. The van der Waals surface area contributed by atoms with Crippen molar-refractivity contribution in [3.8, 4) is 0 Å². The van der Waals surface area contributed by atoms with E-state index in [4.69, 9.17) is 11.6 Å². The molecule has 2 aromatic heterocycles. The average Bonchev–Trinajstić information content (AvgIpc) is 3.16. The SMILES string of the molecule is O=C(Nc1cnc(N2CCN(c3ccccc3)CC2)nc1)c1ccc(Cl)s1. The van der Waals surface area contributed by atoms with Gasteiger partial charge in [-0.3, -0.25) is 4.79 Å². The number of anilines is 3. The number of carbonyl (C=O) groups is 1. The second kappa shape index (κ2) is 7.94. The van der Waals surface area contributed by atoms with Crippen LogP contribution in [0.2, 0.25) is 4.34 Å². The van der Waals surface area contributed by atoms with Crippen molar-refractivity contribution in [2.45, 2.75) is 0 Å². The predicted octanol–water partition coefficient (Wildman–Crippen LogP) is 3.77. The van der Waals surface area contributed by atoms with Gasteiger partial charge in [0, 0.05) is 31.9 Å². The molecule has 1 aromatic carbocycles. The molecule has 6 nitrogen and oxygen atoms in total. The summed E-state index contributed by atoms with van der Waals surface area (Å²) in [6, 6.07) is 13.8. The van der Waals surface area contributed by atoms with Gasteiger partial charge < -0.3 is 15.1 Å². The Balaban J connectivity index is 1.35. The maximum atomic E-state index is 12.2. The van der Waals surface area contributed by atoms with Gasteiger partial charge >= 0.3 is 0 Å². The fourth-order valence-corrected chi connectivity index (χ4v) is 3.92. The molecule has 3 heterocycles. The van der Waals surface area contributed by atoms with E-state index in [-0.39, 0.29) is 5.91 Å². The highest BCUT2D eigenvalue weighted by molar-refractivity contribution is 7.18. The molecule has 0 aliphatic carbocycles. The number of nitrogens with zero attached hydrogens (tertiary/aromatic N) is 4. The number of halogens is 1. The van der Waals surface area contributed by atoms with Crippen molar-refractivity contribution in [2.24, 2.45) is 0 Å². The van der Waals surface area contributed by atoms with E-state index in [1.165, 1.54) is 17.0 Å². The monoisotopic (exact) mass is 399 g/mol. The average molecular weight is 400 g/mol. The highest BCUT2D eigenvalue weighted by Crippen LogP contribution is 2.23. The van der Waals surface area contributed by atoms with Gasteiger partial charge in [0.2, 0.25) is 5.95 Å². The number of nitrogens with one attached hydrogen (secondary N) is 1. The zero-order chi connectivity index (χ0) is 18.6. The largest absolute Gasteiger partial charge is 0.368 e. The summed E-state index contributed by atoms with van der Waals surface area (Å²) in [5.41, 5.74) is 1.81. The number of hydrogen-bond acceptors (Lipinski definition) is 6. The standard InChI is InChI=1S/C19H18ClN5OS/c20-17-7-6-16(27-17)18(26)23-14-12-21-19(22-13-14)25-10-8-24(9-11-25)15-4-2-1-3-5-15/h1-7,12-13H,8-11H2,(H,23,26). The molecule has 0 spiro atoms. The Morgan fingerprint density at radius 3 is 2.26 bits per heavy atom. The topological polar surface area (TPSA) is 61.4 Å². The molecule has 27 heavy (non-hydrogen) atoms. The highest BCUT2D eigenvalue weighted by Gasteiger charge is 2.19. The smallest absolute Gasteiger partial charge is 0.265 e. The third kappa shape index (κ3) is 4.20. The van der Waals surface area contributed by atoms with Gasteiger partial charge in [0.25, 0.3) is 5.91 Å². The van der Waals surface area contributed by atoms with Crippen LogP contribution in [-0.4, -0.2) is 42.1 Å². The van der Waals surface area contributed by atoms with Crippen LogP contribution in [0.3, 0.4) is 0 Å². The van der Waals surface area contributed by atoms with E-state index in [1.54, 1.807) is 24.5 Å². The maximum Gasteiger partial charge on any atom is 0.265 e. The Hall–Kier alpha value is -2.64. The van der Waals surface area contributed by atoms with Gasteiger partial charge in [-0.15, -0.1) is 11.3 Å². The molecular weight excluding hydrogens is 382 g/mol. The number of aromatic nitrogens is 2. The van der Waals surface area contributed by atoms with Crippen molar-refractivity contribution < 1.29 is 4.79 Å². The van der Waals surface area contributed by atoms with Gasteiger partial charge in [-0.05, 0) is 24.3 Å². The van der Waals surface area contributed by atoms with Gasteiger partial charge in [-0.1, -0.05) is 29.8 Å². The van der Waals surface area contributed by atoms with E-state index in [1.807, 2.05) is 6.07 Å². The molecule has 4 rings (SSSR count). The van der Waals surface area contributed by atoms with Crippen LogP contribution in [0.5, 0.6) is 0 Å². The van der Waals surface area contributed by atoms with Crippen molar-refractivity contribution in [1.82, 2.24) is 9.97 Å². The summed E-state index contributed by atoms with van der Waals surface area (Å²) in [6.45, 7) is 3.55. The normalized spacial score (nSPS) is 14.3. The molecule has 0 unspecified atom stereocenters. The zero-order valence-corrected chi connectivity index (χ0v) is 16.1. The van der Waals surface area contributed by atoms with E-state index < -0.39 is 0 Å². The van der Waals surface area contributed by atoms with Crippen LogP contribution in [-0.2, 0) is 0 Å². The number of hydrogen-bond donors (Lipinski definition) is 1. The molecule has 0 saturated carbocycles. The molecule has 1 N–H and O–H groups in total. The molecule has 3 aromatic rings. The van der Waals surface area contributed by atoms with Crippen molar-refractivity contribution >= 4 is 46.2 Å². The molecule has 1 fully saturated rings. The predicted molar refractivity (Wildman–Crippen MR) is 110 cm³/mol. The maximum absolute atomic E-state index is 12.2. The van der Waals surface area contributed by atoms with Gasteiger partial charge in [-0.25, -0.2) is 9.97 Å². The minimum atomic E-state index is -0.209. The number of carbonyl (C=O) groups excluding carboxylic acids is 1. The lowest BCUT2D eigenvalue weighted by Gasteiger charge is -2.36. The first-order valence-corrected chi connectivity index (χ1v) is 9.82. The Morgan fingerprint density at radius 1 is 0.963 bits per heavy atom. The van der Waals surface area contributed by atoms with Gasteiger partial charge in [0.05, 0.1) is 27.3 Å². The summed E-state index contributed by atoms with van der Waals surface area (Å²) < 4.78 is 0.585. The third-order valence-corrected chi connectivity index (χ3v) is 5.61. The first-order valence-electron chi connectivity index (χ1n) is 8.63. The lowest BCUT2D eigenvalue weighted by Crippen LogP contribution is -2.47. The molecule has 0 radical (unpaired) electrons. The van der Waals surface area contributed by atoms with Gasteiger partial charge in [-0.2, -0.15) is 0 Å².